The first-order valence-electron chi connectivity index (χ1n) is 12.2. The summed E-state index contributed by atoms with van der Waals surface area (Å²) in [6.07, 6.45) is 6.22. The molecule has 1 aliphatic carbocycles. The number of pyridine rings is 1. The van der Waals surface area contributed by atoms with Gasteiger partial charge in [-0.1, -0.05) is 23.2 Å². The number of aryl methyl sites for hydroxylation is 1. The molecule has 1 aliphatic rings. The number of carbonyl (C=O) groups excluding carboxylic acids is 1. The van der Waals surface area contributed by atoms with Crippen LogP contribution in [0.15, 0.2) is 18.5 Å². The largest absolute Gasteiger partial charge is 0.369 e. The Bertz CT molecular complexity index is 1220. The Morgan fingerprint density at radius 1 is 1.14 bits per heavy atom. The molecule has 1 saturated carbocycles. The molecule has 0 spiro atoms. The van der Waals surface area contributed by atoms with Crippen LogP contribution < -0.4 is 10.2 Å². The summed E-state index contributed by atoms with van der Waals surface area (Å²) in [4.78, 5) is 29.9. The lowest BCUT2D eigenvalue weighted by molar-refractivity contribution is 0.0950. The minimum absolute atomic E-state index is 0.195. The van der Waals surface area contributed by atoms with Crippen molar-refractivity contribution < 1.29 is 4.79 Å². The molecule has 4 rings (SSSR count). The Kier molecular flexibility index (Phi) is 7.89. The molecule has 1 aromatic carbocycles. The van der Waals surface area contributed by atoms with Crippen molar-refractivity contribution in [3.63, 3.8) is 0 Å². The van der Waals surface area contributed by atoms with Gasteiger partial charge < -0.3 is 20.1 Å². The Balaban J connectivity index is 1.56. The smallest absolute Gasteiger partial charge is 0.251 e. The number of hydrogen-bond acceptors (Lipinski definition) is 5. The van der Waals surface area contributed by atoms with E-state index < -0.39 is 0 Å². The van der Waals surface area contributed by atoms with E-state index in [1.54, 1.807) is 12.4 Å². The molecule has 0 radical (unpaired) electrons. The lowest BCUT2D eigenvalue weighted by Gasteiger charge is -2.40. The molecule has 9 heteroatoms. The number of amides is 1. The number of H-pyrrole nitrogens is 1. The molecule has 0 atom stereocenters. The van der Waals surface area contributed by atoms with E-state index in [1.165, 1.54) is 12.8 Å². The molecule has 2 aromatic heterocycles. The zero-order chi connectivity index (χ0) is 25.3. The summed E-state index contributed by atoms with van der Waals surface area (Å²) in [5.41, 5.74) is 5.54. The topological polar surface area (TPSA) is 77.1 Å². The molecule has 2 heterocycles. The highest BCUT2D eigenvalue weighted by atomic mass is 35.5. The van der Waals surface area contributed by atoms with Crippen molar-refractivity contribution in [2.75, 3.05) is 25.5 Å². The number of rotatable bonds is 7. The van der Waals surface area contributed by atoms with E-state index in [1.807, 2.05) is 19.9 Å². The van der Waals surface area contributed by atoms with Gasteiger partial charge in [-0.3, -0.25) is 4.79 Å². The van der Waals surface area contributed by atoms with Crippen LogP contribution in [0.4, 0.5) is 5.69 Å². The van der Waals surface area contributed by atoms with Crippen molar-refractivity contribution in [2.24, 2.45) is 0 Å². The monoisotopic (exact) mass is 516 g/mol. The van der Waals surface area contributed by atoms with Crippen LogP contribution in [0.5, 0.6) is 0 Å². The molecule has 0 saturated heterocycles. The Labute approximate surface area is 217 Å². The summed E-state index contributed by atoms with van der Waals surface area (Å²) in [6, 6.07) is 4.81. The number of aromatic nitrogens is 3. The van der Waals surface area contributed by atoms with E-state index in [-0.39, 0.29) is 12.5 Å². The van der Waals surface area contributed by atoms with Crippen LogP contribution in [0.1, 0.15) is 59.8 Å². The molecule has 0 aliphatic heterocycles. The van der Waals surface area contributed by atoms with Crippen LogP contribution >= 0.6 is 23.2 Å². The second-order valence-corrected chi connectivity index (χ2v) is 10.4. The number of imidazole rings is 1. The van der Waals surface area contributed by atoms with Gasteiger partial charge in [0.25, 0.3) is 5.91 Å². The third-order valence-electron chi connectivity index (χ3n) is 7.30. The molecule has 7 nitrogen and oxygen atoms in total. The Morgan fingerprint density at radius 3 is 2.49 bits per heavy atom. The summed E-state index contributed by atoms with van der Waals surface area (Å²) in [6.45, 7) is 7.12. The third-order valence-corrected chi connectivity index (χ3v) is 7.84. The van der Waals surface area contributed by atoms with Crippen molar-refractivity contribution in [1.82, 2.24) is 25.2 Å². The molecule has 2 N–H and O–H groups in total. The molecule has 188 valence electrons. The van der Waals surface area contributed by atoms with E-state index in [9.17, 15) is 4.79 Å². The summed E-state index contributed by atoms with van der Waals surface area (Å²) < 4.78 is 0. The highest BCUT2D eigenvalue weighted by molar-refractivity contribution is 6.31. The zero-order valence-corrected chi connectivity index (χ0v) is 22.6. The van der Waals surface area contributed by atoms with Gasteiger partial charge in [0.05, 0.1) is 23.1 Å². The molecule has 35 heavy (non-hydrogen) atoms. The van der Waals surface area contributed by atoms with Gasteiger partial charge in [0.1, 0.15) is 5.15 Å². The van der Waals surface area contributed by atoms with Gasteiger partial charge >= 0.3 is 0 Å². The summed E-state index contributed by atoms with van der Waals surface area (Å²) in [7, 11) is 4.32. The van der Waals surface area contributed by atoms with Crippen LogP contribution in [0, 0.1) is 13.8 Å². The molecule has 0 unspecified atom stereocenters. The number of hydrogen-bond donors (Lipinski definition) is 2. The van der Waals surface area contributed by atoms with Crippen molar-refractivity contribution in [2.45, 2.75) is 65.1 Å². The number of fused-ring (bicyclic) bond motifs is 1. The molecular weight excluding hydrogens is 483 g/mol. The van der Waals surface area contributed by atoms with Gasteiger partial charge in [-0.2, -0.15) is 0 Å². The Hall–Kier alpha value is -2.35. The highest BCUT2D eigenvalue weighted by Crippen LogP contribution is 2.34. The van der Waals surface area contributed by atoms with Crippen molar-refractivity contribution >= 4 is 45.8 Å². The van der Waals surface area contributed by atoms with E-state index in [0.29, 0.717) is 33.4 Å². The predicted octanol–water partition coefficient (Wildman–Crippen LogP) is 5.51. The van der Waals surface area contributed by atoms with E-state index in [2.05, 4.69) is 51.1 Å². The minimum atomic E-state index is -0.195. The second-order valence-electron chi connectivity index (χ2n) is 9.58. The van der Waals surface area contributed by atoms with Gasteiger partial charge in [-0.05, 0) is 78.2 Å². The number of carbonyl (C=O) groups is 1. The SMILES string of the molecule is CCN(c1cc(Cl)cc(C(=O)NCc2c(Cl)nc(C)c3[nH]cnc23)c1C)C1CCC(N(C)C)CC1. The van der Waals surface area contributed by atoms with Crippen LogP contribution in [0.25, 0.3) is 11.0 Å². The maximum absolute atomic E-state index is 13.3. The van der Waals surface area contributed by atoms with Gasteiger partial charge in [-0.15, -0.1) is 0 Å². The maximum atomic E-state index is 13.3. The van der Waals surface area contributed by atoms with Crippen LogP contribution in [0.2, 0.25) is 10.2 Å². The lowest BCUT2D eigenvalue weighted by Crippen LogP contribution is -2.42. The first kappa shape index (κ1) is 25.7. The molecule has 0 bridgehead atoms. The first-order valence-corrected chi connectivity index (χ1v) is 13.0. The number of nitrogens with one attached hydrogen (secondary N) is 2. The number of nitrogens with zero attached hydrogens (tertiary/aromatic N) is 4. The van der Waals surface area contributed by atoms with Crippen molar-refractivity contribution in [3.05, 3.63) is 51.0 Å². The summed E-state index contributed by atoms with van der Waals surface area (Å²) in [5.74, 6) is -0.195. The van der Waals surface area contributed by atoms with Gasteiger partial charge in [-0.25, -0.2) is 9.97 Å². The van der Waals surface area contributed by atoms with Gasteiger partial charge in [0.15, 0.2) is 0 Å². The summed E-state index contributed by atoms with van der Waals surface area (Å²) >= 11 is 12.9. The van der Waals surface area contributed by atoms with E-state index >= 15 is 0 Å². The van der Waals surface area contributed by atoms with Gasteiger partial charge in [0, 0.05) is 47.0 Å². The first-order chi connectivity index (χ1) is 16.7. The highest BCUT2D eigenvalue weighted by Gasteiger charge is 2.28. The van der Waals surface area contributed by atoms with Gasteiger partial charge in [0.2, 0.25) is 0 Å². The normalized spacial score (nSPS) is 18.3. The number of halogens is 2. The van der Waals surface area contributed by atoms with Crippen LogP contribution in [-0.2, 0) is 6.54 Å². The van der Waals surface area contributed by atoms with Crippen LogP contribution in [-0.4, -0.2) is 58.5 Å². The molecule has 1 fully saturated rings. The Morgan fingerprint density at radius 2 is 1.83 bits per heavy atom. The van der Waals surface area contributed by atoms with E-state index in [4.69, 9.17) is 23.2 Å². The summed E-state index contributed by atoms with van der Waals surface area (Å²) in [5, 5.41) is 3.91. The fourth-order valence-corrected chi connectivity index (χ4v) is 5.79. The molecule has 3 aromatic rings. The number of benzene rings is 1. The van der Waals surface area contributed by atoms with Crippen LogP contribution in [0.3, 0.4) is 0 Å². The van der Waals surface area contributed by atoms with E-state index in [0.717, 1.165) is 47.4 Å². The third kappa shape index (κ3) is 5.27. The standard InChI is InChI=1S/C26H34Cl2N6O/c1-6-34(19-9-7-18(8-10-19)33(4)5)22-12-17(27)11-20(15(22)2)26(35)29-13-21-24-23(30-14-31-24)16(3)32-25(21)28/h11-12,14,18-19H,6-10,13H2,1-5H3,(H,29,35)(H,30,31). The second kappa shape index (κ2) is 10.7. The quantitative estimate of drug-likeness (QED) is 0.404. The fraction of sp³-hybridized carbons (Fsp3) is 0.500. The fourth-order valence-electron chi connectivity index (χ4n) is 5.30. The van der Waals surface area contributed by atoms with Crippen molar-refractivity contribution in [1.29, 1.82) is 0 Å². The average molecular weight is 518 g/mol. The van der Waals surface area contributed by atoms with Crippen molar-refractivity contribution in [3.8, 4) is 0 Å². The number of aromatic amines is 1. The maximum Gasteiger partial charge on any atom is 0.251 e. The average Bonchev–Trinajstić information content (AvgIpc) is 3.32. The number of anilines is 1. The zero-order valence-electron chi connectivity index (χ0n) is 21.1. The molecular formula is C26H34Cl2N6O. The predicted molar refractivity (Wildman–Crippen MR) is 144 cm³/mol. The minimum Gasteiger partial charge on any atom is -0.369 e. The lowest BCUT2D eigenvalue weighted by atomic mass is 9.89. The molecule has 1 amide bonds.